The zero-order chi connectivity index (χ0) is 17.0. The minimum absolute atomic E-state index is 0.165. The van der Waals surface area contributed by atoms with Crippen LogP contribution in [0.1, 0.15) is 30.1 Å². The van der Waals surface area contributed by atoms with Crippen LogP contribution in [0, 0.1) is 0 Å². The van der Waals surface area contributed by atoms with E-state index >= 15 is 0 Å². The van der Waals surface area contributed by atoms with Gasteiger partial charge in [0.15, 0.2) is 0 Å². The Labute approximate surface area is 138 Å². The Kier molecular flexibility index (Phi) is 5.78. The molecular weight excluding hydrogens is 314 g/mol. The standard InChI is InChI=1S/C16H25N3O3S/c1-4-19-11-5-6-14(19)12-17-16(20)13-7-9-15(10-8-13)23(21,22)18(2)3/h7-10,14H,4-6,11-12H2,1-3H3,(H,17,20)/t14-/m1/s1. The van der Waals surface area contributed by atoms with Gasteiger partial charge in [0.2, 0.25) is 10.0 Å². The Morgan fingerprint density at radius 3 is 2.52 bits per heavy atom. The normalized spacial score (nSPS) is 19.2. The molecular formula is C16H25N3O3S. The largest absolute Gasteiger partial charge is 0.350 e. The second kappa shape index (κ2) is 7.42. The summed E-state index contributed by atoms with van der Waals surface area (Å²) in [6, 6.07) is 6.45. The Morgan fingerprint density at radius 1 is 1.30 bits per heavy atom. The molecule has 1 aromatic carbocycles. The number of likely N-dealkylation sites (tertiary alicyclic amines) is 1. The van der Waals surface area contributed by atoms with E-state index in [9.17, 15) is 13.2 Å². The number of carbonyl (C=O) groups excluding carboxylic acids is 1. The lowest BCUT2D eigenvalue weighted by Crippen LogP contribution is -2.40. The van der Waals surface area contributed by atoms with Gasteiger partial charge < -0.3 is 5.32 Å². The van der Waals surface area contributed by atoms with Gasteiger partial charge in [0.1, 0.15) is 0 Å². The maximum absolute atomic E-state index is 12.2. The zero-order valence-electron chi connectivity index (χ0n) is 13.9. The van der Waals surface area contributed by atoms with Gasteiger partial charge in [0.25, 0.3) is 5.91 Å². The molecule has 6 nitrogen and oxygen atoms in total. The fourth-order valence-electron chi connectivity index (χ4n) is 2.84. The number of benzene rings is 1. The first-order valence-corrected chi connectivity index (χ1v) is 9.35. The van der Waals surface area contributed by atoms with Crippen LogP contribution in [0.3, 0.4) is 0 Å². The van der Waals surface area contributed by atoms with Crippen LogP contribution in [-0.2, 0) is 10.0 Å². The molecule has 1 aliphatic rings. The maximum atomic E-state index is 12.2. The van der Waals surface area contributed by atoms with Gasteiger partial charge in [-0.2, -0.15) is 0 Å². The molecule has 0 unspecified atom stereocenters. The van der Waals surface area contributed by atoms with Gasteiger partial charge in [0, 0.05) is 32.2 Å². The average Bonchev–Trinajstić information content (AvgIpc) is 3.00. The second-order valence-electron chi connectivity index (χ2n) is 5.95. The van der Waals surface area contributed by atoms with Gasteiger partial charge in [-0.25, -0.2) is 12.7 Å². The van der Waals surface area contributed by atoms with E-state index in [1.54, 1.807) is 12.1 Å². The summed E-state index contributed by atoms with van der Waals surface area (Å²) < 4.78 is 25.2. The average molecular weight is 339 g/mol. The van der Waals surface area contributed by atoms with Crippen molar-refractivity contribution in [3.05, 3.63) is 29.8 Å². The van der Waals surface area contributed by atoms with Gasteiger partial charge in [0.05, 0.1) is 4.90 Å². The molecule has 1 atom stereocenters. The van der Waals surface area contributed by atoms with Crippen molar-refractivity contribution in [3.63, 3.8) is 0 Å². The molecule has 2 rings (SSSR count). The summed E-state index contributed by atoms with van der Waals surface area (Å²) in [5.74, 6) is -0.165. The number of amides is 1. The van der Waals surface area contributed by atoms with Gasteiger partial charge >= 0.3 is 0 Å². The second-order valence-corrected chi connectivity index (χ2v) is 8.10. The Balaban J connectivity index is 1.98. The third-order valence-electron chi connectivity index (χ3n) is 4.30. The van der Waals surface area contributed by atoms with Crippen molar-refractivity contribution < 1.29 is 13.2 Å². The highest BCUT2D eigenvalue weighted by atomic mass is 32.2. The van der Waals surface area contributed by atoms with Crippen molar-refractivity contribution in [2.75, 3.05) is 33.7 Å². The molecule has 1 saturated heterocycles. The number of hydrogen-bond acceptors (Lipinski definition) is 4. The van der Waals surface area contributed by atoms with Gasteiger partial charge in [-0.05, 0) is 50.2 Å². The molecule has 0 aromatic heterocycles. The van der Waals surface area contributed by atoms with Gasteiger partial charge in [-0.3, -0.25) is 9.69 Å². The van der Waals surface area contributed by atoms with E-state index in [4.69, 9.17) is 0 Å². The minimum Gasteiger partial charge on any atom is -0.350 e. The fraction of sp³-hybridized carbons (Fsp3) is 0.562. The first-order valence-electron chi connectivity index (χ1n) is 7.91. The summed E-state index contributed by atoms with van der Waals surface area (Å²) in [6.07, 6.45) is 2.28. The van der Waals surface area contributed by atoms with Crippen molar-refractivity contribution >= 4 is 15.9 Å². The van der Waals surface area contributed by atoms with Crippen LogP contribution in [0.2, 0.25) is 0 Å². The van der Waals surface area contributed by atoms with Crippen LogP contribution in [0.4, 0.5) is 0 Å². The molecule has 1 heterocycles. The number of nitrogens with zero attached hydrogens (tertiary/aromatic N) is 2. The molecule has 1 aromatic rings. The van der Waals surface area contributed by atoms with Crippen LogP contribution in [0.15, 0.2) is 29.2 Å². The van der Waals surface area contributed by atoms with E-state index in [0.717, 1.165) is 23.8 Å². The summed E-state index contributed by atoms with van der Waals surface area (Å²) >= 11 is 0. The maximum Gasteiger partial charge on any atom is 0.251 e. The van der Waals surface area contributed by atoms with Crippen molar-refractivity contribution in [1.29, 1.82) is 0 Å². The number of rotatable bonds is 6. The summed E-state index contributed by atoms with van der Waals surface area (Å²) in [4.78, 5) is 14.8. The minimum atomic E-state index is -3.46. The Hall–Kier alpha value is -1.44. The van der Waals surface area contributed by atoms with Gasteiger partial charge in [-0.1, -0.05) is 6.92 Å². The first-order chi connectivity index (χ1) is 10.9. The highest BCUT2D eigenvalue weighted by molar-refractivity contribution is 7.89. The van der Waals surface area contributed by atoms with Gasteiger partial charge in [-0.15, -0.1) is 0 Å². The highest BCUT2D eigenvalue weighted by Gasteiger charge is 2.23. The molecule has 0 bridgehead atoms. The van der Waals surface area contributed by atoms with Crippen LogP contribution < -0.4 is 5.32 Å². The fourth-order valence-corrected chi connectivity index (χ4v) is 3.75. The first kappa shape index (κ1) is 17.9. The summed E-state index contributed by atoms with van der Waals surface area (Å²) in [5, 5.41) is 2.95. The smallest absolute Gasteiger partial charge is 0.251 e. The predicted molar refractivity (Wildman–Crippen MR) is 89.9 cm³/mol. The van der Waals surface area contributed by atoms with E-state index < -0.39 is 10.0 Å². The van der Waals surface area contributed by atoms with Crippen molar-refractivity contribution in [2.45, 2.75) is 30.7 Å². The third kappa shape index (κ3) is 4.10. The monoisotopic (exact) mass is 339 g/mol. The van der Waals surface area contributed by atoms with E-state index in [2.05, 4.69) is 17.1 Å². The predicted octanol–water partition coefficient (Wildman–Crippen LogP) is 1.15. The highest BCUT2D eigenvalue weighted by Crippen LogP contribution is 2.16. The number of likely N-dealkylation sites (N-methyl/N-ethyl adjacent to an activating group) is 1. The Morgan fingerprint density at radius 2 is 1.96 bits per heavy atom. The molecule has 0 aliphatic carbocycles. The number of carbonyl (C=O) groups is 1. The lowest BCUT2D eigenvalue weighted by atomic mass is 10.2. The molecule has 1 fully saturated rings. The molecule has 7 heteroatoms. The van der Waals surface area contributed by atoms with Crippen molar-refractivity contribution in [1.82, 2.24) is 14.5 Å². The van der Waals surface area contributed by atoms with E-state index in [-0.39, 0.29) is 10.8 Å². The molecule has 0 spiro atoms. The van der Waals surface area contributed by atoms with E-state index in [0.29, 0.717) is 18.2 Å². The molecule has 1 amide bonds. The number of nitrogens with one attached hydrogen (secondary N) is 1. The van der Waals surface area contributed by atoms with E-state index in [1.807, 2.05) is 0 Å². The summed E-state index contributed by atoms with van der Waals surface area (Å²) in [5.41, 5.74) is 0.476. The van der Waals surface area contributed by atoms with Crippen molar-refractivity contribution in [3.8, 4) is 0 Å². The molecule has 0 saturated carbocycles. The van der Waals surface area contributed by atoms with Crippen LogP contribution in [0.5, 0.6) is 0 Å². The quantitative estimate of drug-likeness (QED) is 0.844. The molecule has 1 N–H and O–H groups in total. The van der Waals surface area contributed by atoms with Crippen LogP contribution in [0.25, 0.3) is 0 Å². The molecule has 23 heavy (non-hydrogen) atoms. The van der Waals surface area contributed by atoms with Crippen LogP contribution >= 0.6 is 0 Å². The number of sulfonamides is 1. The molecule has 1 aliphatic heterocycles. The lowest BCUT2D eigenvalue weighted by molar-refractivity contribution is 0.0941. The number of hydrogen-bond donors (Lipinski definition) is 1. The molecule has 128 valence electrons. The summed E-state index contributed by atoms with van der Waals surface area (Å²) in [6.45, 7) is 4.85. The third-order valence-corrected chi connectivity index (χ3v) is 6.13. The van der Waals surface area contributed by atoms with Crippen molar-refractivity contribution in [2.24, 2.45) is 0 Å². The topological polar surface area (TPSA) is 69.7 Å². The zero-order valence-corrected chi connectivity index (χ0v) is 14.8. The molecule has 0 radical (unpaired) electrons. The van der Waals surface area contributed by atoms with Crippen LogP contribution in [-0.4, -0.2) is 63.3 Å². The SMILES string of the molecule is CCN1CCC[C@@H]1CNC(=O)c1ccc(S(=O)(=O)N(C)C)cc1. The summed E-state index contributed by atoms with van der Waals surface area (Å²) in [7, 11) is -0.494. The van der Waals surface area contributed by atoms with E-state index in [1.165, 1.54) is 32.6 Å². The lowest BCUT2D eigenvalue weighted by Gasteiger charge is -2.22. The Bertz CT molecular complexity index is 641.